The molecule has 7 nitrogen and oxygen atoms in total. The second-order valence-electron chi connectivity index (χ2n) is 8.35. The maximum atomic E-state index is 13.3. The SMILES string of the molecule is C[C@H](Cc1nc(Cc2cnccn2)cc(N2CCCC(C(N)=O)C2)n1)c1ccc(F)cc1.Cl. The largest absolute Gasteiger partial charge is 0.369 e. The molecule has 0 saturated carbocycles. The second-order valence-corrected chi connectivity index (χ2v) is 8.35. The Morgan fingerprint density at radius 1 is 1.21 bits per heavy atom. The smallest absolute Gasteiger partial charge is 0.222 e. The standard InChI is InChI=1S/C24H27FN6O.ClH/c1-16(17-4-6-19(25)7-5-17)11-22-29-20(12-21-14-27-8-9-28-21)13-23(30-22)31-10-2-3-18(15-31)24(26)32;/h4-9,13-14,16,18H,2-3,10-12,15H2,1H3,(H2,26,32);1H/t16-,18?;/m1./s1. The van der Waals surface area contributed by atoms with Crippen LogP contribution in [0.5, 0.6) is 0 Å². The molecule has 174 valence electrons. The number of benzene rings is 1. The van der Waals surface area contributed by atoms with Gasteiger partial charge in [0, 0.05) is 50.6 Å². The summed E-state index contributed by atoms with van der Waals surface area (Å²) in [5, 5.41) is 0. The molecule has 3 heterocycles. The van der Waals surface area contributed by atoms with Crippen LogP contribution in [0.4, 0.5) is 10.2 Å². The molecule has 1 saturated heterocycles. The molecule has 1 fully saturated rings. The van der Waals surface area contributed by atoms with Crippen LogP contribution in [-0.4, -0.2) is 38.9 Å². The zero-order valence-electron chi connectivity index (χ0n) is 18.5. The number of halogens is 2. The van der Waals surface area contributed by atoms with E-state index in [0.29, 0.717) is 25.2 Å². The fourth-order valence-electron chi connectivity index (χ4n) is 4.09. The van der Waals surface area contributed by atoms with Gasteiger partial charge in [0.05, 0.1) is 17.3 Å². The van der Waals surface area contributed by atoms with Crippen LogP contribution in [0.25, 0.3) is 0 Å². The van der Waals surface area contributed by atoms with Gasteiger partial charge in [-0.1, -0.05) is 19.1 Å². The number of rotatable bonds is 7. The van der Waals surface area contributed by atoms with E-state index < -0.39 is 0 Å². The third-order valence-corrected chi connectivity index (χ3v) is 5.87. The van der Waals surface area contributed by atoms with Crippen molar-refractivity contribution in [2.75, 3.05) is 18.0 Å². The highest BCUT2D eigenvalue weighted by Crippen LogP contribution is 2.25. The van der Waals surface area contributed by atoms with Crippen LogP contribution in [0, 0.1) is 11.7 Å². The third-order valence-electron chi connectivity index (χ3n) is 5.87. The summed E-state index contributed by atoms with van der Waals surface area (Å²) < 4.78 is 13.3. The number of piperidine rings is 1. The minimum Gasteiger partial charge on any atom is -0.369 e. The van der Waals surface area contributed by atoms with E-state index in [1.54, 1.807) is 30.7 Å². The molecule has 2 N–H and O–H groups in total. The van der Waals surface area contributed by atoms with E-state index in [4.69, 9.17) is 15.7 Å². The molecule has 33 heavy (non-hydrogen) atoms. The normalized spacial score (nSPS) is 16.7. The highest BCUT2D eigenvalue weighted by atomic mass is 35.5. The highest BCUT2D eigenvalue weighted by molar-refractivity contribution is 5.85. The van der Waals surface area contributed by atoms with Gasteiger partial charge in [-0.05, 0) is 36.5 Å². The molecule has 1 aliphatic heterocycles. The van der Waals surface area contributed by atoms with Gasteiger partial charge >= 0.3 is 0 Å². The summed E-state index contributed by atoms with van der Waals surface area (Å²) in [7, 11) is 0. The first kappa shape index (κ1) is 24.5. The van der Waals surface area contributed by atoms with Gasteiger partial charge in [-0.2, -0.15) is 0 Å². The van der Waals surface area contributed by atoms with Gasteiger partial charge < -0.3 is 10.6 Å². The number of aromatic nitrogens is 4. The van der Waals surface area contributed by atoms with E-state index in [0.717, 1.165) is 42.2 Å². The Kier molecular flexibility index (Phi) is 8.27. The molecule has 0 bridgehead atoms. The van der Waals surface area contributed by atoms with Crippen molar-refractivity contribution < 1.29 is 9.18 Å². The number of anilines is 1. The topological polar surface area (TPSA) is 97.9 Å². The zero-order chi connectivity index (χ0) is 22.5. The second kappa shape index (κ2) is 11.1. The number of nitrogens with two attached hydrogens (primary N) is 1. The van der Waals surface area contributed by atoms with Crippen molar-refractivity contribution in [1.82, 2.24) is 19.9 Å². The Balaban J connectivity index is 0.00000306. The Hall–Kier alpha value is -3.13. The number of nitrogens with zero attached hydrogens (tertiary/aromatic N) is 5. The van der Waals surface area contributed by atoms with Gasteiger partial charge in [-0.15, -0.1) is 12.4 Å². The van der Waals surface area contributed by atoms with Crippen molar-refractivity contribution in [1.29, 1.82) is 0 Å². The number of amides is 1. The molecular formula is C24H28ClFN6O. The summed E-state index contributed by atoms with van der Waals surface area (Å²) in [5.74, 6) is 0.928. The van der Waals surface area contributed by atoms with Crippen LogP contribution in [0.3, 0.4) is 0 Å². The van der Waals surface area contributed by atoms with E-state index in [-0.39, 0.29) is 36.0 Å². The molecule has 4 rings (SSSR count). The van der Waals surface area contributed by atoms with Crippen LogP contribution >= 0.6 is 12.4 Å². The fourth-order valence-corrected chi connectivity index (χ4v) is 4.09. The molecule has 3 aromatic rings. The molecule has 9 heteroatoms. The molecule has 2 aromatic heterocycles. The summed E-state index contributed by atoms with van der Waals surface area (Å²) >= 11 is 0. The van der Waals surface area contributed by atoms with Crippen LogP contribution in [0.1, 0.15) is 48.5 Å². The van der Waals surface area contributed by atoms with Crippen molar-refractivity contribution in [2.45, 2.75) is 38.5 Å². The van der Waals surface area contributed by atoms with Crippen LogP contribution < -0.4 is 10.6 Å². The first-order valence-corrected chi connectivity index (χ1v) is 10.9. The van der Waals surface area contributed by atoms with Crippen LogP contribution in [0.2, 0.25) is 0 Å². The average Bonchev–Trinajstić information content (AvgIpc) is 2.80. The molecule has 0 aliphatic carbocycles. The van der Waals surface area contributed by atoms with Crippen LogP contribution in [-0.2, 0) is 17.6 Å². The maximum absolute atomic E-state index is 13.3. The van der Waals surface area contributed by atoms with Crippen molar-refractivity contribution in [3.63, 3.8) is 0 Å². The van der Waals surface area contributed by atoms with Gasteiger partial charge in [-0.25, -0.2) is 14.4 Å². The summed E-state index contributed by atoms with van der Waals surface area (Å²) in [6.07, 6.45) is 7.87. The van der Waals surface area contributed by atoms with Crippen LogP contribution in [0.15, 0.2) is 48.9 Å². The number of carbonyl (C=O) groups is 1. The predicted octanol–water partition coefficient (Wildman–Crippen LogP) is 3.47. The average molecular weight is 471 g/mol. The maximum Gasteiger partial charge on any atom is 0.222 e. The molecule has 0 spiro atoms. The summed E-state index contributed by atoms with van der Waals surface area (Å²) in [4.78, 5) is 32.0. The number of hydrogen-bond acceptors (Lipinski definition) is 6. The van der Waals surface area contributed by atoms with Gasteiger partial charge in [0.25, 0.3) is 0 Å². The quantitative estimate of drug-likeness (QED) is 0.567. The molecule has 1 amide bonds. The molecule has 2 atom stereocenters. The van der Waals surface area contributed by atoms with E-state index in [1.165, 1.54) is 12.1 Å². The van der Waals surface area contributed by atoms with Gasteiger partial charge in [0.2, 0.25) is 5.91 Å². The number of carbonyl (C=O) groups excluding carboxylic acids is 1. The van der Waals surface area contributed by atoms with Gasteiger partial charge in [-0.3, -0.25) is 14.8 Å². The van der Waals surface area contributed by atoms with Crippen molar-refractivity contribution in [3.8, 4) is 0 Å². The van der Waals surface area contributed by atoms with E-state index in [9.17, 15) is 9.18 Å². The van der Waals surface area contributed by atoms with Gasteiger partial charge in [0.15, 0.2) is 0 Å². The minimum absolute atomic E-state index is 0. The molecule has 1 aliphatic rings. The van der Waals surface area contributed by atoms with Gasteiger partial charge in [0.1, 0.15) is 17.5 Å². The Bertz CT molecular complexity index is 1070. The molecule has 1 aromatic carbocycles. The minimum atomic E-state index is -0.270. The lowest BCUT2D eigenvalue weighted by Crippen LogP contribution is -2.41. The van der Waals surface area contributed by atoms with E-state index >= 15 is 0 Å². The lowest BCUT2D eigenvalue weighted by atomic mass is 9.97. The molecular weight excluding hydrogens is 443 g/mol. The lowest BCUT2D eigenvalue weighted by molar-refractivity contribution is -0.122. The number of hydrogen-bond donors (Lipinski definition) is 1. The van der Waals surface area contributed by atoms with E-state index in [1.807, 2.05) is 6.07 Å². The summed E-state index contributed by atoms with van der Waals surface area (Å²) in [6, 6.07) is 8.50. The monoisotopic (exact) mass is 470 g/mol. The lowest BCUT2D eigenvalue weighted by Gasteiger charge is -2.32. The molecule has 1 unspecified atom stereocenters. The Labute approximate surface area is 199 Å². The van der Waals surface area contributed by atoms with Crippen molar-refractivity contribution in [2.24, 2.45) is 11.7 Å². The number of primary amides is 1. The third kappa shape index (κ3) is 6.44. The van der Waals surface area contributed by atoms with E-state index in [2.05, 4.69) is 21.8 Å². The van der Waals surface area contributed by atoms with Crippen molar-refractivity contribution in [3.05, 3.63) is 77.5 Å². The highest BCUT2D eigenvalue weighted by Gasteiger charge is 2.25. The summed E-state index contributed by atoms with van der Waals surface area (Å²) in [6.45, 7) is 3.46. The van der Waals surface area contributed by atoms with Crippen molar-refractivity contribution >= 4 is 24.1 Å². The Morgan fingerprint density at radius 2 is 2.00 bits per heavy atom. The molecule has 0 radical (unpaired) electrons. The first-order valence-electron chi connectivity index (χ1n) is 10.9. The predicted molar refractivity (Wildman–Crippen MR) is 127 cm³/mol. The fraction of sp³-hybridized carbons (Fsp3) is 0.375. The summed E-state index contributed by atoms with van der Waals surface area (Å²) in [5.41, 5.74) is 8.27. The first-order chi connectivity index (χ1) is 15.5. The Morgan fingerprint density at radius 3 is 2.70 bits per heavy atom. The zero-order valence-corrected chi connectivity index (χ0v) is 19.3.